The molecule has 8 heteroatoms. The Balaban J connectivity index is 1.29. The minimum absolute atomic E-state index is 0.200. The highest BCUT2D eigenvalue weighted by Gasteiger charge is 2.48. The Morgan fingerprint density at radius 3 is 2.46 bits per heavy atom. The van der Waals surface area contributed by atoms with Gasteiger partial charge in [-0.15, -0.1) is 0 Å². The summed E-state index contributed by atoms with van der Waals surface area (Å²) < 4.78 is 5.49. The number of nitrogens with one attached hydrogen (secondary N) is 1. The fraction of sp³-hybridized carbons (Fsp3) is 0.444. The van der Waals surface area contributed by atoms with Crippen molar-refractivity contribution >= 4 is 17.8 Å². The van der Waals surface area contributed by atoms with Gasteiger partial charge in [-0.3, -0.25) is 19.4 Å². The van der Waals surface area contributed by atoms with Crippen LogP contribution < -0.4 is 10.1 Å². The zero-order valence-electron chi connectivity index (χ0n) is 20.8. The molecule has 0 bridgehead atoms. The number of imide groups is 1. The predicted octanol–water partition coefficient (Wildman–Crippen LogP) is 2.59. The zero-order valence-corrected chi connectivity index (χ0v) is 20.8. The van der Waals surface area contributed by atoms with Crippen molar-refractivity contribution in [3.8, 4) is 5.75 Å². The molecular formula is C27H34N4O4. The second-order valence-corrected chi connectivity index (χ2v) is 9.61. The Bertz CT molecular complexity index is 1080. The number of nitrogens with zero attached hydrogens (tertiary/aromatic N) is 3. The monoisotopic (exact) mass is 478 g/mol. The predicted molar refractivity (Wildman–Crippen MR) is 133 cm³/mol. The third kappa shape index (κ3) is 5.65. The number of hydrogen-bond acceptors (Lipinski definition) is 5. The van der Waals surface area contributed by atoms with Crippen molar-refractivity contribution in [2.24, 2.45) is 0 Å². The second-order valence-electron chi connectivity index (χ2n) is 9.61. The number of hydrogen-bond donors (Lipinski definition) is 1. The zero-order chi connectivity index (χ0) is 25.0. The van der Waals surface area contributed by atoms with E-state index >= 15 is 0 Å². The molecule has 2 aromatic carbocycles. The first-order valence-electron chi connectivity index (χ1n) is 12.1. The first-order valence-corrected chi connectivity index (χ1v) is 12.1. The molecule has 2 heterocycles. The van der Waals surface area contributed by atoms with Crippen LogP contribution in [0.5, 0.6) is 5.75 Å². The van der Waals surface area contributed by atoms with Gasteiger partial charge in [0.2, 0.25) is 5.91 Å². The Morgan fingerprint density at radius 2 is 1.77 bits per heavy atom. The molecular weight excluding hydrogens is 444 g/mol. The van der Waals surface area contributed by atoms with Crippen LogP contribution in [0.2, 0.25) is 0 Å². The van der Waals surface area contributed by atoms with E-state index in [1.54, 1.807) is 18.9 Å². The Morgan fingerprint density at radius 1 is 1.06 bits per heavy atom. The SMILES string of the molecule is COc1ccc(C)cc1CN1CCN(C(=O)CN2C(=O)N[C@@](C)(CCc3ccccc3)C2=O)CC1. The fourth-order valence-corrected chi connectivity index (χ4v) is 4.76. The number of piperazine rings is 1. The highest BCUT2D eigenvalue weighted by molar-refractivity contribution is 6.08. The van der Waals surface area contributed by atoms with Gasteiger partial charge < -0.3 is 15.0 Å². The number of carbonyl (C=O) groups excluding carboxylic acids is 3. The average Bonchev–Trinajstić information content (AvgIpc) is 3.07. The molecule has 0 saturated carbocycles. The maximum Gasteiger partial charge on any atom is 0.325 e. The van der Waals surface area contributed by atoms with Crippen LogP contribution in [-0.2, 0) is 22.6 Å². The van der Waals surface area contributed by atoms with E-state index in [0.29, 0.717) is 25.9 Å². The smallest absolute Gasteiger partial charge is 0.325 e. The van der Waals surface area contributed by atoms with Gasteiger partial charge in [-0.1, -0.05) is 48.0 Å². The average molecular weight is 479 g/mol. The summed E-state index contributed by atoms with van der Waals surface area (Å²) in [6.07, 6.45) is 1.15. The van der Waals surface area contributed by atoms with Crippen molar-refractivity contribution < 1.29 is 19.1 Å². The molecule has 1 atom stereocenters. The number of benzene rings is 2. The molecule has 186 valence electrons. The lowest BCUT2D eigenvalue weighted by atomic mass is 9.93. The second kappa shape index (κ2) is 10.5. The van der Waals surface area contributed by atoms with E-state index < -0.39 is 11.6 Å². The van der Waals surface area contributed by atoms with Crippen LogP contribution >= 0.6 is 0 Å². The van der Waals surface area contributed by atoms with Gasteiger partial charge in [0.1, 0.15) is 17.8 Å². The molecule has 0 radical (unpaired) electrons. The van der Waals surface area contributed by atoms with E-state index in [1.165, 1.54) is 5.56 Å². The van der Waals surface area contributed by atoms with E-state index in [4.69, 9.17) is 4.74 Å². The van der Waals surface area contributed by atoms with Crippen molar-refractivity contribution in [1.82, 2.24) is 20.0 Å². The molecule has 4 rings (SSSR count). The molecule has 2 saturated heterocycles. The topological polar surface area (TPSA) is 82.2 Å². The van der Waals surface area contributed by atoms with Gasteiger partial charge in [-0.2, -0.15) is 0 Å². The van der Waals surface area contributed by atoms with Gasteiger partial charge in [0.05, 0.1) is 7.11 Å². The number of urea groups is 1. The van der Waals surface area contributed by atoms with Crippen LogP contribution in [0.25, 0.3) is 0 Å². The van der Waals surface area contributed by atoms with Crippen molar-refractivity contribution in [3.05, 3.63) is 65.2 Å². The molecule has 0 aromatic heterocycles. The number of rotatable bonds is 8. The van der Waals surface area contributed by atoms with E-state index in [0.717, 1.165) is 41.4 Å². The van der Waals surface area contributed by atoms with Crippen molar-refractivity contribution in [1.29, 1.82) is 0 Å². The molecule has 0 aliphatic carbocycles. The number of methoxy groups -OCH3 is 1. The maximum absolute atomic E-state index is 13.1. The van der Waals surface area contributed by atoms with Crippen molar-refractivity contribution in [2.45, 2.75) is 38.8 Å². The molecule has 2 aromatic rings. The summed E-state index contributed by atoms with van der Waals surface area (Å²) in [5.74, 6) is 0.327. The largest absolute Gasteiger partial charge is 0.496 e. The lowest BCUT2D eigenvalue weighted by Gasteiger charge is -2.35. The first kappa shape index (κ1) is 24.7. The molecule has 0 spiro atoms. The van der Waals surface area contributed by atoms with Crippen LogP contribution in [0.15, 0.2) is 48.5 Å². The first-order chi connectivity index (χ1) is 16.8. The van der Waals surface area contributed by atoms with Crippen molar-refractivity contribution in [3.63, 3.8) is 0 Å². The molecule has 2 fully saturated rings. The molecule has 35 heavy (non-hydrogen) atoms. The Hall–Kier alpha value is -3.39. The minimum Gasteiger partial charge on any atom is -0.496 e. The van der Waals surface area contributed by atoms with E-state index in [2.05, 4.69) is 23.2 Å². The number of carbonyl (C=O) groups is 3. The van der Waals surface area contributed by atoms with Gasteiger partial charge in [0.15, 0.2) is 0 Å². The van der Waals surface area contributed by atoms with Gasteiger partial charge in [0.25, 0.3) is 5.91 Å². The van der Waals surface area contributed by atoms with Crippen LogP contribution in [0, 0.1) is 6.92 Å². The van der Waals surface area contributed by atoms with E-state index in [9.17, 15) is 14.4 Å². The number of aryl methyl sites for hydroxylation is 2. The summed E-state index contributed by atoms with van der Waals surface area (Å²) in [4.78, 5) is 43.7. The third-order valence-electron chi connectivity index (χ3n) is 6.95. The molecule has 8 nitrogen and oxygen atoms in total. The molecule has 2 aliphatic rings. The highest BCUT2D eigenvalue weighted by atomic mass is 16.5. The fourth-order valence-electron chi connectivity index (χ4n) is 4.76. The number of amides is 4. The van der Waals surface area contributed by atoms with Gasteiger partial charge in [-0.05, 0) is 38.3 Å². The summed E-state index contributed by atoms with van der Waals surface area (Å²) in [7, 11) is 1.67. The quantitative estimate of drug-likeness (QED) is 0.590. The Labute approximate surface area is 206 Å². The maximum atomic E-state index is 13.1. The van der Waals surface area contributed by atoms with Crippen LogP contribution in [0.3, 0.4) is 0 Å². The normalized spacial score (nSPS) is 20.8. The summed E-state index contributed by atoms with van der Waals surface area (Å²) in [6, 6.07) is 15.5. The van der Waals surface area contributed by atoms with Gasteiger partial charge in [0, 0.05) is 38.3 Å². The molecule has 2 aliphatic heterocycles. The van der Waals surface area contributed by atoms with Crippen LogP contribution in [-0.4, -0.2) is 77.9 Å². The molecule has 4 amide bonds. The number of ether oxygens (including phenoxy) is 1. The molecule has 1 N–H and O–H groups in total. The third-order valence-corrected chi connectivity index (χ3v) is 6.95. The lowest BCUT2D eigenvalue weighted by molar-refractivity contribution is -0.139. The lowest BCUT2D eigenvalue weighted by Crippen LogP contribution is -2.52. The van der Waals surface area contributed by atoms with Gasteiger partial charge >= 0.3 is 6.03 Å². The van der Waals surface area contributed by atoms with E-state index in [1.807, 2.05) is 42.5 Å². The molecule has 0 unspecified atom stereocenters. The Kier molecular flexibility index (Phi) is 7.40. The summed E-state index contributed by atoms with van der Waals surface area (Å²) in [5.41, 5.74) is 2.41. The standard InChI is InChI=1S/C27H34N4O4/c1-20-9-10-23(35-3)22(17-20)18-29-13-15-30(16-14-29)24(32)19-31-25(33)27(2,28-26(31)34)12-11-21-7-5-4-6-8-21/h4-10,17H,11-16,18-19H2,1-3H3,(H,28,34)/t27-/m0/s1. The van der Waals surface area contributed by atoms with E-state index in [-0.39, 0.29) is 18.4 Å². The van der Waals surface area contributed by atoms with Crippen molar-refractivity contribution in [2.75, 3.05) is 39.8 Å². The van der Waals surface area contributed by atoms with Gasteiger partial charge in [-0.25, -0.2) is 4.79 Å². The highest BCUT2D eigenvalue weighted by Crippen LogP contribution is 2.24. The minimum atomic E-state index is -1.00. The van der Waals surface area contributed by atoms with Crippen LogP contribution in [0.1, 0.15) is 30.0 Å². The summed E-state index contributed by atoms with van der Waals surface area (Å²) >= 11 is 0. The van der Waals surface area contributed by atoms with Crippen LogP contribution in [0.4, 0.5) is 4.79 Å². The summed E-state index contributed by atoms with van der Waals surface area (Å²) in [6.45, 7) is 6.87. The summed E-state index contributed by atoms with van der Waals surface area (Å²) in [5, 5.41) is 2.80.